The summed E-state index contributed by atoms with van der Waals surface area (Å²) in [7, 11) is -0.565. The van der Waals surface area contributed by atoms with Gasteiger partial charge in [-0.05, 0) is 30.7 Å². The third kappa shape index (κ3) is 5.11. The smallest absolute Gasteiger partial charge is 0.279 e. The standard InChI is InChI=1S/C20H27N5O3S/c1-16-7-8-17(14-18(16)29(27,28)23(2)3)22-20(26)15-24-10-12-25(13-11-24)19-6-4-5-9-21-19/h4-9,14H,10-13,15H2,1-3H3,(H,22,26)/p+2. The Bertz CT molecular complexity index is 955. The van der Waals surface area contributed by atoms with Crippen molar-refractivity contribution >= 4 is 27.4 Å². The van der Waals surface area contributed by atoms with Crippen LogP contribution in [0.2, 0.25) is 0 Å². The van der Waals surface area contributed by atoms with Gasteiger partial charge >= 0.3 is 0 Å². The molecule has 1 aliphatic rings. The quantitative estimate of drug-likeness (QED) is 0.655. The SMILES string of the molecule is Cc1ccc(NC(=O)C[NH+]2CCN(c3cccc[nH+]3)CC2)cc1S(=O)(=O)N(C)C. The number of carbonyl (C=O) groups is 1. The number of hydrogen-bond acceptors (Lipinski definition) is 4. The number of anilines is 2. The first-order valence-corrected chi connectivity index (χ1v) is 11.1. The van der Waals surface area contributed by atoms with Gasteiger partial charge in [0.05, 0.1) is 11.1 Å². The lowest BCUT2D eigenvalue weighted by Crippen LogP contribution is -3.15. The Morgan fingerprint density at radius 3 is 2.55 bits per heavy atom. The Kier molecular flexibility index (Phi) is 6.51. The maximum Gasteiger partial charge on any atom is 0.279 e. The zero-order chi connectivity index (χ0) is 21.0. The van der Waals surface area contributed by atoms with E-state index < -0.39 is 10.0 Å². The molecule has 8 nitrogen and oxygen atoms in total. The minimum Gasteiger partial charge on any atom is -0.321 e. The number of nitrogens with one attached hydrogen (secondary N) is 3. The Hall–Kier alpha value is -2.49. The van der Waals surface area contributed by atoms with Crippen molar-refractivity contribution in [3.05, 3.63) is 48.2 Å². The second-order valence-electron chi connectivity index (χ2n) is 7.48. The van der Waals surface area contributed by atoms with Crippen LogP contribution in [0.3, 0.4) is 0 Å². The second-order valence-corrected chi connectivity index (χ2v) is 9.60. The molecule has 0 spiro atoms. The van der Waals surface area contributed by atoms with Crippen LogP contribution in [-0.4, -0.2) is 65.4 Å². The number of H-pyrrole nitrogens is 1. The summed E-state index contributed by atoms with van der Waals surface area (Å²) in [4.78, 5) is 19.4. The highest BCUT2D eigenvalue weighted by Crippen LogP contribution is 2.22. The fourth-order valence-corrected chi connectivity index (χ4v) is 4.55. The number of pyridine rings is 1. The molecule has 1 aromatic heterocycles. The van der Waals surface area contributed by atoms with Crippen molar-refractivity contribution in [3.63, 3.8) is 0 Å². The summed E-state index contributed by atoms with van der Waals surface area (Å²) >= 11 is 0. The minimum atomic E-state index is -3.56. The van der Waals surface area contributed by atoms with Crippen LogP contribution < -0.4 is 20.1 Å². The van der Waals surface area contributed by atoms with E-state index in [0.29, 0.717) is 17.8 Å². The highest BCUT2D eigenvalue weighted by Gasteiger charge is 2.27. The van der Waals surface area contributed by atoms with Crippen LogP contribution >= 0.6 is 0 Å². The van der Waals surface area contributed by atoms with Gasteiger partial charge in [0.2, 0.25) is 10.0 Å². The van der Waals surface area contributed by atoms with Gasteiger partial charge < -0.3 is 10.2 Å². The first-order chi connectivity index (χ1) is 13.8. The maximum atomic E-state index is 12.5. The van der Waals surface area contributed by atoms with Crippen molar-refractivity contribution < 1.29 is 23.1 Å². The van der Waals surface area contributed by atoms with Crippen LogP contribution in [0, 0.1) is 6.92 Å². The average molecular weight is 420 g/mol. The minimum absolute atomic E-state index is 0.114. The van der Waals surface area contributed by atoms with Gasteiger partial charge in [-0.15, -0.1) is 0 Å². The summed E-state index contributed by atoms with van der Waals surface area (Å²) in [6.07, 6.45) is 1.91. The number of piperazine rings is 1. The Morgan fingerprint density at radius 1 is 1.21 bits per heavy atom. The highest BCUT2D eigenvalue weighted by atomic mass is 32.2. The fourth-order valence-electron chi connectivity index (χ4n) is 3.41. The molecule has 1 aliphatic heterocycles. The molecule has 0 bridgehead atoms. The lowest BCUT2D eigenvalue weighted by molar-refractivity contribution is -0.892. The van der Waals surface area contributed by atoms with Gasteiger partial charge in [0, 0.05) is 25.8 Å². The molecule has 9 heteroatoms. The van der Waals surface area contributed by atoms with E-state index in [9.17, 15) is 13.2 Å². The lowest BCUT2D eigenvalue weighted by Gasteiger charge is -2.27. The highest BCUT2D eigenvalue weighted by molar-refractivity contribution is 7.89. The number of aromatic nitrogens is 1. The van der Waals surface area contributed by atoms with Crippen molar-refractivity contribution in [2.75, 3.05) is 57.0 Å². The van der Waals surface area contributed by atoms with E-state index in [-0.39, 0.29) is 10.8 Å². The number of rotatable bonds is 6. The van der Waals surface area contributed by atoms with Gasteiger partial charge in [-0.2, -0.15) is 0 Å². The van der Waals surface area contributed by atoms with Crippen LogP contribution in [-0.2, 0) is 14.8 Å². The van der Waals surface area contributed by atoms with E-state index >= 15 is 0 Å². The molecule has 29 heavy (non-hydrogen) atoms. The zero-order valence-corrected chi connectivity index (χ0v) is 17.9. The van der Waals surface area contributed by atoms with Crippen molar-refractivity contribution in [1.82, 2.24) is 4.31 Å². The predicted octanol–water partition coefficient (Wildman–Crippen LogP) is -0.597. The first kappa shape index (κ1) is 21.2. The summed E-state index contributed by atoms with van der Waals surface area (Å²) in [5, 5.41) is 2.85. The molecule has 0 aliphatic carbocycles. The molecule has 0 atom stereocenters. The second kappa shape index (κ2) is 8.89. The molecule has 1 aromatic carbocycles. The van der Waals surface area contributed by atoms with Gasteiger partial charge in [0.1, 0.15) is 26.2 Å². The Labute approximate surface area is 172 Å². The third-order valence-corrected chi connectivity index (χ3v) is 7.10. The topological polar surface area (TPSA) is 88.3 Å². The summed E-state index contributed by atoms with van der Waals surface area (Å²) in [6, 6.07) is 11.0. The normalized spacial score (nSPS) is 15.5. The fraction of sp³-hybridized carbons (Fsp3) is 0.400. The molecule has 0 unspecified atom stereocenters. The number of nitrogens with zero attached hydrogens (tertiary/aromatic N) is 2. The number of hydrogen-bond donors (Lipinski definition) is 2. The van der Waals surface area contributed by atoms with E-state index in [1.807, 2.05) is 18.3 Å². The maximum absolute atomic E-state index is 12.5. The molecule has 0 saturated carbocycles. The van der Waals surface area contributed by atoms with Gasteiger partial charge in [-0.25, -0.2) is 17.7 Å². The summed E-state index contributed by atoms with van der Waals surface area (Å²) in [5.41, 5.74) is 1.15. The Balaban J connectivity index is 1.58. The van der Waals surface area contributed by atoms with Gasteiger partial charge in [0.15, 0.2) is 6.54 Å². The molecule has 2 heterocycles. The molecule has 3 rings (SSSR count). The number of amides is 1. The molecule has 1 amide bonds. The third-order valence-electron chi connectivity index (χ3n) is 5.14. The van der Waals surface area contributed by atoms with Crippen molar-refractivity contribution in [3.8, 4) is 0 Å². The molecule has 3 N–H and O–H groups in total. The van der Waals surface area contributed by atoms with E-state index in [1.54, 1.807) is 19.1 Å². The summed E-state index contributed by atoms with van der Waals surface area (Å²) in [5.74, 6) is 0.974. The first-order valence-electron chi connectivity index (χ1n) is 9.65. The average Bonchev–Trinajstić information content (AvgIpc) is 2.70. The van der Waals surface area contributed by atoms with Crippen LogP contribution in [0.15, 0.2) is 47.5 Å². The largest absolute Gasteiger partial charge is 0.321 e. The molecular weight excluding hydrogens is 390 g/mol. The van der Waals surface area contributed by atoms with Gasteiger partial charge in [0.25, 0.3) is 11.7 Å². The number of aromatic amines is 1. The van der Waals surface area contributed by atoms with Crippen LogP contribution in [0.1, 0.15) is 5.56 Å². The van der Waals surface area contributed by atoms with E-state index in [4.69, 9.17) is 0 Å². The molecule has 1 fully saturated rings. The number of benzene rings is 1. The van der Waals surface area contributed by atoms with Crippen molar-refractivity contribution in [1.29, 1.82) is 0 Å². The van der Waals surface area contributed by atoms with Gasteiger partial charge in [-0.3, -0.25) is 9.69 Å². The molecule has 0 radical (unpaired) electrons. The number of aryl methyl sites for hydroxylation is 1. The van der Waals surface area contributed by atoms with E-state index in [0.717, 1.165) is 32.0 Å². The molecule has 1 saturated heterocycles. The van der Waals surface area contributed by atoms with Crippen molar-refractivity contribution in [2.45, 2.75) is 11.8 Å². The van der Waals surface area contributed by atoms with E-state index in [2.05, 4.69) is 21.3 Å². The lowest BCUT2D eigenvalue weighted by atomic mass is 10.2. The molecule has 156 valence electrons. The number of sulfonamides is 1. The summed E-state index contributed by atoms with van der Waals surface area (Å²) in [6.45, 7) is 5.58. The van der Waals surface area contributed by atoms with Gasteiger partial charge in [-0.1, -0.05) is 12.1 Å². The molecular formula is C20H29N5O3S+2. The Morgan fingerprint density at radius 2 is 1.93 bits per heavy atom. The monoisotopic (exact) mass is 419 g/mol. The molecule has 2 aromatic rings. The number of quaternary nitrogens is 1. The van der Waals surface area contributed by atoms with Crippen LogP contribution in [0.25, 0.3) is 0 Å². The zero-order valence-electron chi connectivity index (χ0n) is 17.1. The van der Waals surface area contributed by atoms with Crippen molar-refractivity contribution in [2.24, 2.45) is 0 Å². The van der Waals surface area contributed by atoms with E-state index in [1.165, 1.54) is 29.4 Å². The number of carbonyl (C=O) groups excluding carboxylic acids is 1. The summed E-state index contributed by atoms with van der Waals surface area (Å²) < 4.78 is 26.1. The van der Waals surface area contributed by atoms with Crippen LogP contribution in [0.4, 0.5) is 11.5 Å². The van der Waals surface area contributed by atoms with Crippen LogP contribution in [0.5, 0.6) is 0 Å². The predicted molar refractivity (Wildman–Crippen MR) is 111 cm³/mol.